The third kappa shape index (κ3) is 4.60. The minimum absolute atomic E-state index is 0.0408. The van der Waals surface area contributed by atoms with Crippen molar-refractivity contribution >= 4 is 79.9 Å². The van der Waals surface area contributed by atoms with Gasteiger partial charge in [-0.05, 0) is 40.4 Å². The number of amides is 4. The van der Waals surface area contributed by atoms with Gasteiger partial charge in [-0.1, -0.05) is 41.3 Å². The molecule has 0 bridgehead atoms. The molecule has 0 saturated carbocycles. The Morgan fingerprint density at radius 2 is 1.73 bits per heavy atom. The average molecular weight is 511 g/mol. The van der Waals surface area contributed by atoms with Crippen LogP contribution in [0.1, 0.15) is 39.9 Å². The van der Waals surface area contributed by atoms with Gasteiger partial charge in [0.25, 0.3) is 11.8 Å². The Labute approximate surface area is 222 Å². The van der Waals surface area contributed by atoms with Crippen LogP contribution >= 0.6 is 11.6 Å². The van der Waals surface area contributed by atoms with Crippen LogP contribution in [-0.4, -0.2) is 73.8 Å². The average Bonchev–Trinajstić information content (AvgIpc) is 2.99. The van der Waals surface area contributed by atoms with Gasteiger partial charge in [-0.3, -0.25) is 24.5 Å². The van der Waals surface area contributed by atoms with E-state index in [1.54, 1.807) is 0 Å². The van der Waals surface area contributed by atoms with E-state index in [0.717, 1.165) is 29.2 Å². The minimum atomic E-state index is -4.04. The number of piperidine rings is 1. The summed E-state index contributed by atoms with van der Waals surface area (Å²) in [5.41, 5.74) is -1.37. The molecule has 0 aliphatic carbocycles. The van der Waals surface area contributed by atoms with Crippen LogP contribution in [0, 0.1) is 0 Å². The molecule has 37 heavy (non-hydrogen) atoms. The van der Waals surface area contributed by atoms with Crippen molar-refractivity contribution in [3.05, 3.63) is 63.7 Å². The first-order chi connectivity index (χ1) is 17.1. The van der Waals surface area contributed by atoms with E-state index in [1.165, 1.54) is 12.1 Å². The molecule has 0 spiro atoms. The second-order valence-corrected chi connectivity index (χ2v) is 9.30. The van der Waals surface area contributed by atoms with E-state index < -0.39 is 51.8 Å². The lowest BCUT2D eigenvalue weighted by molar-refractivity contribution is -0.147. The number of carbonyl (C=O) groups is 4. The van der Waals surface area contributed by atoms with E-state index in [0.29, 0.717) is 0 Å². The molecule has 1 atom stereocenters. The summed E-state index contributed by atoms with van der Waals surface area (Å²) in [4.78, 5) is 50.5. The summed E-state index contributed by atoms with van der Waals surface area (Å²) >= 11 is 5.71. The first-order valence-electron chi connectivity index (χ1n) is 10.8. The van der Waals surface area contributed by atoms with Crippen molar-refractivity contribution in [1.82, 2.24) is 15.5 Å². The van der Waals surface area contributed by atoms with Gasteiger partial charge in [0, 0.05) is 22.6 Å². The van der Waals surface area contributed by atoms with E-state index in [4.69, 9.17) is 50.8 Å². The number of nitrogens with one attached hydrogen (secondary N) is 2. The lowest BCUT2D eigenvalue weighted by Gasteiger charge is -2.40. The number of imide groups is 1. The topological polar surface area (TPSA) is 95.6 Å². The zero-order valence-corrected chi connectivity index (χ0v) is 19.8. The van der Waals surface area contributed by atoms with Gasteiger partial charge in [-0.2, -0.15) is 8.78 Å². The predicted octanol–water partition coefficient (Wildman–Crippen LogP) is -0.802. The molecule has 7 nitrogen and oxygen atoms in total. The van der Waals surface area contributed by atoms with E-state index in [1.807, 2.05) is 5.32 Å². The summed E-state index contributed by atoms with van der Waals surface area (Å²) in [6, 6.07) is 5.36. The minimum Gasteiger partial charge on any atom is -0.358 e. The van der Waals surface area contributed by atoms with Crippen LogP contribution in [0.2, 0.25) is 5.02 Å². The van der Waals surface area contributed by atoms with Gasteiger partial charge in [0.1, 0.15) is 13.9 Å². The molecule has 2 aromatic rings. The SMILES string of the molecule is [B]c1cc(C([B])([B])NC(=O)C(F)(F)c2ccc(Cl)cc2)cc2c1C(=O)N(C1CCC(=O)NC1=O)C2([B])[B]. The van der Waals surface area contributed by atoms with Crippen molar-refractivity contribution in [3.63, 3.8) is 0 Å². The lowest BCUT2D eigenvalue weighted by Crippen LogP contribution is -2.59. The molecule has 176 valence electrons. The highest BCUT2D eigenvalue weighted by Crippen LogP contribution is 2.38. The van der Waals surface area contributed by atoms with Crippen LogP contribution < -0.4 is 16.1 Å². The van der Waals surface area contributed by atoms with E-state index in [-0.39, 0.29) is 40.0 Å². The molecule has 2 heterocycles. The largest absolute Gasteiger partial charge is 0.358 e. The Morgan fingerprint density at radius 1 is 1.11 bits per heavy atom. The van der Waals surface area contributed by atoms with Crippen molar-refractivity contribution in [1.29, 1.82) is 0 Å². The number of hydrogen-bond donors (Lipinski definition) is 2. The summed E-state index contributed by atoms with van der Waals surface area (Å²) in [5, 5.41) is -0.370. The number of nitrogens with zero attached hydrogens (tertiary/aromatic N) is 1. The van der Waals surface area contributed by atoms with Gasteiger partial charge in [-0.25, -0.2) is 0 Å². The summed E-state index contributed by atoms with van der Waals surface area (Å²) < 4.78 is 29.6. The van der Waals surface area contributed by atoms with Gasteiger partial charge in [-0.15, -0.1) is 0 Å². The monoisotopic (exact) mass is 511 g/mol. The maximum atomic E-state index is 14.8. The molecule has 15 heteroatoms. The second-order valence-electron chi connectivity index (χ2n) is 8.86. The van der Waals surface area contributed by atoms with Crippen molar-refractivity contribution in [2.75, 3.05) is 0 Å². The number of benzene rings is 2. The predicted molar refractivity (Wildman–Crippen MR) is 134 cm³/mol. The Balaban J connectivity index is 1.67. The Bertz CT molecular complexity index is 1340. The fraction of sp³-hybridized carbons (Fsp3) is 0.273. The number of carbonyl (C=O) groups excluding carboxylic acids is 4. The molecular formula is C22H13B5ClF2N3O4. The highest BCUT2D eigenvalue weighted by molar-refractivity contribution is 6.46. The second kappa shape index (κ2) is 9.08. The van der Waals surface area contributed by atoms with Crippen LogP contribution in [0.15, 0.2) is 36.4 Å². The van der Waals surface area contributed by atoms with Gasteiger partial charge >= 0.3 is 5.92 Å². The van der Waals surface area contributed by atoms with Gasteiger partial charge < -0.3 is 10.2 Å². The molecule has 1 fully saturated rings. The van der Waals surface area contributed by atoms with Gasteiger partial charge in [0.15, 0.2) is 0 Å². The fourth-order valence-electron chi connectivity index (χ4n) is 4.33. The van der Waals surface area contributed by atoms with Crippen LogP contribution in [0.25, 0.3) is 0 Å². The van der Waals surface area contributed by atoms with E-state index in [2.05, 4.69) is 5.32 Å². The standard InChI is InChI=1S/C22H13B5ClF2N3O4/c23-13-8-10(21(24,25)32-19(37)20(29,30)9-1-3-11(28)4-2-9)7-12-16(13)18(36)33(22(12,26)27)14-5-6-15(34)31-17(14)35/h1-4,7-8,14H,5-6H2,(H,32,37)(H,31,34,35). The molecule has 0 aromatic heterocycles. The summed E-state index contributed by atoms with van der Waals surface area (Å²) in [6.45, 7) is 0. The molecule has 4 amide bonds. The third-order valence-electron chi connectivity index (χ3n) is 6.24. The van der Waals surface area contributed by atoms with Crippen LogP contribution in [0.4, 0.5) is 8.78 Å². The van der Waals surface area contributed by atoms with E-state index in [9.17, 15) is 28.0 Å². The van der Waals surface area contributed by atoms with Crippen molar-refractivity contribution in [3.8, 4) is 0 Å². The number of hydrogen-bond acceptors (Lipinski definition) is 4. The lowest BCUT2D eigenvalue weighted by atomic mass is 9.54. The molecule has 1 saturated heterocycles. The normalized spacial score (nSPS) is 19.4. The first-order valence-corrected chi connectivity index (χ1v) is 11.2. The third-order valence-corrected chi connectivity index (χ3v) is 6.50. The summed E-state index contributed by atoms with van der Waals surface area (Å²) in [5.74, 6) is -7.96. The van der Waals surface area contributed by atoms with Crippen molar-refractivity contribution in [2.45, 2.75) is 35.5 Å². The first kappa shape index (κ1) is 27.0. The van der Waals surface area contributed by atoms with Crippen molar-refractivity contribution < 1.29 is 28.0 Å². The Hall–Kier alpha value is -3.01. The smallest absolute Gasteiger partial charge is 0.349 e. The quantitative estimate of drug-likeness (QED) is 0.407. The van der Waals surface area contributed by atoms with Crippen LogP contribution in [0.3, 0.4) is 0 Å². The number of alkyl halides is 2. The maximum Gasteiger partial charge on any atom is 0.349 e. The zero-order valence-electron chi connectivity index (χ0n) is 19.1. The maximum absolute atomic E-state index is 14.8. The number of fused-ring (bicyclic) bond motifs is 1. The van der Waals surface area contributed by atoms with E-state index >= 15 is 0 Å². The molecular weight excluding hydrogens is 498 g/mol. The Kier molecular flexibility index (Phi) is 6.63. The highest BCUT2D eigenvalue weighted by atomic mass is 35.5. The highest BCUT2D eigenvalue weighted by Gasteiger charge is 2.49. The summed E-state index contributed by atoms with van der Waals surface area (Å²) in [7, 11) is 30.5. The number of rotatable bonds is 5. The van der Waals surface area contributed by atoms with Crippen molar-refractivity contribution in [2.24, 2.45) is 0 Å². The Morgan fingerprint density at radius 3 is 2.32 bits per heavy atom. The van der Waals surface area contributed by atoms with Gasteiger partial charge in [0.05, 0.1) is 31.4 Å². The molecule has 2 N–H and O–H groups in total. The molecule has 1 unspecified atom stereocenters. The fourth-order valence-corrected chi connectivity index (χ4v) is 4.46. The molecule has 4 rings (SSSR count). The zero-order chi connectivity index (χ0) is 27.5. The molecule has 2 aromatic carbocycles. The van der Waals surface area contributed by atoms with Crippen LogP contribution in [0.5, 0.6) is 0 Å². The molecule has 10 radical (unpaired) electrons. The van der Waals surface area contributed by atoms with Crippen LogP contribution in [-0.2, 0) is 31.0 Å². The number of halogens is 3. The summed E-state index contributed by atoms with van der Waals surface area (Å²) in [6.07, 6.45) is -0.100. The molecule has 2 aliphatic rings. The molecule has 2 aliphatic heterocycles. The van der Waals surface area contributed by atoms with Gasteiger partial charge in [0.2, 0.25) is 11.8 Å².